The fraction of sp³-hybridized carbons (Fsp3) is 0.312. The van der Waals surface area contributed by atoms with E-state index in [2.05, 4.69) is 4.98 Å². The van der Waals surface area contributed by atoms with Crippen LogP contribution in [0, 0.1) is 11.6 Å². The highest BCUT2D eigenvalue weighted by Crippen LogP contribution is 2.41. The number of halogens is 2. The van der Waals surface area contributed by atoms with E-state index in [0.717, 1.165) is 6.07 Å². The van der Waals surface area contributed by atoms with Crippen LogP contribution in [-0.4, -0.2) is 10.1 Å². The van der Waals surface area contributed by atoms with Gasteiger partial charge in [0.1, 0.15) is 0 Å². The van der Waals surface area contributed by atoms with Gasteiger partial charge in [-0.25, -0.2) is 8.78 Å². The van der Waals surface area contributed by atoms with Crippen molar-refractivity contribution in [2.75, 3.05) is 0 Å². The van der Waals surface area contributed by atoms with Crippen LogP contribution in [0.1, 0.15) is 47.7 Å². The van der Waals surface area contributed by atoms with Gasteiger partial charge in [-0.1, -0.05) is 18.2 Å². The van der Waals surface area contributed by atoms with Crippen LogP contribution in [0.4, 0.5) is 8.78 Å². The van der Waals surface area contributed by atoms with Crippen LogP contribution in [0.25, 0.3) is 0 Å². The van der Waals surface area contributed by atoms with Gasteiger partial charge in [0.05, 0.1) is 11.8 Å². The average molecular weight is 290 g/mol. The second kappa shape index (κ2) is 5.50. The smallest absolute Gasteiger partial charge is 0.162 e. The van der Waals surface area contributed by atoms with Crippen LogP contribution in [0.15, 0.2) is 36.5 Å². The van der Waals surface area contributed by atoms with E-state index in [1.165, 1.54) is 6.07 Å². The predicted octanol–water partition coefficient (Wildman–Crippen LogP) is 2.97. The van der Waals surface area contributed by atoms with E-state index >= 15 is 0 Å². The molecule has 1 aliphatic rings. The highest BCUT2D eigenvalue weighted by atomic mass is 19.2. The molecule has 3 rings (SSSR count). The van der Waals surface area contributed by atoms with Crippen LogP contribution in [0.3, 0.4) is 0 Å². The van der Waals surface area contributed by atoms with Crippen molar-refractivity contribution in [1.29, 1.82) is 0 Å². The molecule has 0 amide bonds. The van der Waals surface area contributed by atoms with E-state index in [4.69, 9.17) is 5.73 Å². The number of hydrogen-bond donors (Lipinski definition) is 2. The Kier molecular flexibility index (Phi) is 3.69. The van der Waals surface area contributed by atoms with Crippen LogP contribution in [0.5, 0.6) is 0 Å². The molecule has 0 unspecified atom stereocenters. The molecule has 0 fully saturated rings. The van der Waals surface area contributed by atoms with Crippen LogP contribution in [-0.2, 0) is 0 Å². The first-order valence-electron chi connectivity index (χ1n) is 6.92. The molecule has 0 aliphatic heterocycles. The minimum atomic E-state index is -0.879. The number of aliphatic hydroxyl groups is 1. The summed E-state index contributed by atoms with van der Waals surface area (Å²) in [5.74, 6) is -2.13. The largest absolute Gasteiger partial charge is 0.387 e. The van der Waals surface area contributed by atoms with Crippen molar-refractivity contribution in [3.8, 4) is 0 Å². The van der Waals surface area contributed by atoms with E-state index in [9.17, 15) is 13.9 Å². The summed E-state index contributed by atoms with van der Waals surface area (Å²) in [6.07, 6.45) is 1.75. The van der Waals surface area contributed by atoms with Crippen molar-refractivity contribution >= 4 is 0 Å². The van der Waals surface area contributed by atoms with Gasteiger partial charge < -0.3 is 10.8 Å². The topological polar surface area (TPSA) is 59.1 Å². The summed E-state index contributed by atoms with van der Waals surface area (Å²) in [6.45, 7) is 0. The Morgan fingerprint density at radius 2 is 1.86 bits per heavy atom. The van der Waals surface area contributed by atoms with Crippen molar-refractivity contribution < 1.29 is 13.9 Å². The molecule has 0 spiro atoms. The van der Waals surface area contributed by atoms with Gasteiger partial charge in [-0.3, -0.25) is 4.98 Å². The summed E-state index contributed by atoms with van der Waals surface area (Å²) in [7, 11) is 0. The Hall–Kier alpha value is -1.85. The molecule has 21 heavy (non-hydrogen) atoms. The SMILES string of the molecule is N[C@H]1c2cccnc2[C@@H](O)CC[C@@H]1c1cccc(F)c1F. The lowest BCUT2D eigenvalue weighted by Crippen LogP contribution is -2.21. The molecule has 2 aromatic rings. The van der Waals surface area contributed by atoms with Gasteiger partial charge in [-0.2, -0.15) is 0 Å². The van der Waals surface area contributed by atoms with Crippen molar-refractivity contribution in [2.24, 2.45) is 5.73 Å². The normalized spacial score (nSPS) is 25.2. The quantitative estimate of drug-likeness (QED) is 0.794. The first-order valence-corrected chi connectivity index (χ1v) is 6.92. The van der Waals surface area contributed by atoms with Crippen molar-refractivity contribution in [2.45, 2.75) is 30.9 Å². The standard InChI is InChI=1S/C16H16F2N2O/c17-12-5-1-3-9(14(12)18)10-6-7-13(21)16-11(15(10)19)4-2-8-20-16/h1-5,8,10,13,15,21H,6-7,19H2/t10-,13+,15-/m1/s1. The summed E-state index contributed by atoms with van der Waals surface area (Å²) in [6, 6.07) is 7.11. The highest BCUT2D eigenvalue weighted by Gasteiger charge is 2.32. The third-order valence-electron chi connectivity index (χ3n) is 4.11. The Morgan fingerprint density at radius 3 is 2.67 bits per heavy atom. The third-order valence-corrected chi connectivity index (χ3v) is 4.11. The van der Waals surface area contributed by atoms with Crippen LogP contribution in [0.2, 0.25) is 0 Å². The Morgan fingerprint density at radius 1 is 1.10 bits per heavy atom. The maximum absolute atomic E-state index is 14.1. The lowest BCUT2D eigenvalue weighted by Gasteiger charge is -2.23. The molecule has 3 nitrogen and oxygen atoms in total. The number of nitrogens with two attached hydrogens (primary N) is 1. The summed E-state index contributed by atoms with van der Waals surface area (Å²) >= 11 is 0. The molecule has 0 radical (unpaired) electrons. The molecular formula is C16H16F2N2O. The molecule has 1 heterocycles. The van der Waals surface area contributed by atoms with E-state index in [1.807, 2.05) is 0 Å². The first-order chi connectivity index (χ1) is 10.1. The van der Waals surface area contributed by atoms with Gasteiger partial charge in [-0.15, -0.1) is 0 Å². The number of rotatable bonds is 1. The number of benzene rings is 1. The summed E-state index contributed by atoms with van der Waals surface area (Å²) in [4.78, 5) is 4.18. The van der Waals surface area contributed by atoms with Gasteiger partial charge in [0.25, 0.3) is 0 Å². The summed E-state index contributed by atoms with van der Waals surface area (Å²) in [5.41, 5.74) is 7.74. The number of aromatic nitrogens is 1. The monoisotopic (exact) mass is 290 g/mol. The number of pyridine rings is 1. The zero-order valence-electron chi connectivity index (χ0n) is 11.3. The number of fused-ring (bicyclic) bond motifs is 1. The molecule has 0 bridgehead atoms. The molecular weight excluding hydrogens is 274 g/mol. The van der Waals surface area contributed by atoms with Gasteiger partial charge in [0.2, 0.25) is 0 Å². The lowest BCUT2D eigenvalue weighted by molar-refractivity contribution is 0.160. The number of hydrogen-bond acceptors (Lipinski definition) is 3. The van der Waals surface area contributed by atoms with Crippen molar-refractivity contribution in [1.82, 2.24) is 4.98 Å². The fourth-order valence-corrected chi connectivity index (χ4v) is 3.02. The molecule has 3 atom stereocenters. The van der Waals surface area contributed by atoms with Crippen LogP contribution < -0.4 is 5.73 Å². The Labute approximate surface area is 121 Å². The molecule has 110 valence electrons. The van der Waals surface area contributed by atoms with Gasteiger partial charge in [0, 0.05) is 18.2 Å². The van der Waals surface area contributed by atoms with Gasteiger partial charge >= 0.3 is 0 Å². The molecule has 5 heteroatoms. The molecule has 1 aliphatic carbocycles. The maximum Gasteiger partial charge on any atom is 0.162 e. The minimum Gasteiger partial charge on any atom is -0.387 e. The van der Waals surface area contributed by atoms with E-state index in [0.29, 0.717) is 24.1 Å². The molecule has 1 aromatic carbocycles. The Balaban J connectivity index is 2.07. The van der Waals surface area contributed by atoms with E-state index < -0.39 is 23.8 Å². The van der Waals surface area contributed by atoms with Crippen molar-refractivity contribution in [3.05, 3.63) is 65.0 Å². The van der Waals surface area contributed by atoms with E-state index in [1.54, 1.807) is 24.4 Å². The second-order valence-electron chi connectivity index (χ2n) is 5.35. The van der Waals surface area contributed by atoms with Crippen LogP contribution >= 0.6 is 0 Å². The minimum absolute atomic E-state index is 0.256. The predicted molar refractivity (Wildman–Crippen MR) is 74.5 cm³/mol. The first kappa shape index (κ1) is 14.1. The second-order valence-corrected chi connectivity index (χ2v) is 5.35. The summed E-state index contributed by atoms with van der Waals surface area (Å²) in [5, 5.41) is 10.2. The molecule has 0 saturated carbocycles. The maximum atomic E-state index is 14.1. The van der Waals surface area contributed by atoms with Gasteiger partial charge in [0.15, 0.2) is 11.6 Å². The van der Waals surface area contributed by atoms with E-state index in [-0.39, 0.29) is 11.5 Å². The number of nitrogens with zero attached hydrogens (tertiary/aromatic N) is 1. The van der Waals surface area contributed by atoms with Crippen molar-refractivity contribution in [3.63, 3.8) is 0 Å². The Bertz CT molecular complexity index is 662. The summed E-state index contributed by atoms with van der Waals surface area (Å²) < 4.78 is 27.5. The molecule has 1 aromatic heterocycles. The molecule has 3 N–H and O–H groups in total. The third kappa shape index (κ3) is 2.43. The fourth-order valence-electron chi connectivity index (χ4n) is 3.02. The molecule has 0 saturated heterocycles. The average Bonchev–Trinajstić information content (AvgIpc) is 2.62. The number of aliphatic hydroxyl groups excluding tert-OH is 1. The zero-order chi connectivity index (χ0) is 15.0. The lowest BCUT2D eigenvalue weighted by atomic mass is 9.86. The highest BCUT2D eigenvalue weighted by molar-refractivity contribution is 5.33. The van der Waals surface area contributed by atoms with Gasteiger partial charge in [-0.05, 0) is 36.1 Å². The zero-order valence-corrected chi connectivity index (χ0v) is 11.3.